The maximum atomic E-state index is 12.5. The summed E-state index contributed by atoms with van der Waals surface area (Å²) in [4.78, 5) is 18.9. The molecule has 3 rings (SSSR count). The van der Waals surface area contributed by atoms with E-state index >= 15 is 0 Å². The molecule has 3 heterocycles. The van der Waals surface area contributed by atoms with Crippen molar-refractivity contribution in [2.24, 2.45) is 5.92 Å². The van der Waals surface area contributed by atoms with E-state index in [1.807, 2.05) is 29.3 Å². The minimum atomic E-state index is 0.130. The number of carbonyl (C=O) groups excluding carboxylic acids is 1. The lowest BCUT2D eigenvalue weighted by atomic mass is 10.1. The molecule has 1 fully saturated rings. The van der Waals surface area contributed by atoms with Crippen molar-refractivity contribution in [1.29, 1.82) is 0 Å². The van der Waals surface area contributed by atoms with Crippen molar-refractivity contribution in [3.8, 4) is 10.8 Å². The molecule has 118 valence electrons. The first-order valence-corrected chi connectivity index (χ1v) is 8.48. The molecule has 1 amide bonds. The number of nitrogens with zero attached hydrogens (tertiary/aromatic N) is 2. The van der Waals surface area contributed by atoms with Crippen molar-refractivity contribution >= 4 is 17.2 Å². The van der Waals surface area contributed by atoms with Crippen molar-refractivity contribution in [1.82, 2.24) is 9.88 Å². The second-order valence-corrected chi connectivity index (χ2v) is 6.32. The first-order chi connectivity index (χ1) is 10.8. The van der Waals surface area contributed by atoms with E-state index in [2.05, 4.69) is 4.98 Å². The standard InChI is InChI=1S/C16H20N2O3S/c1-2-18(9-12-5-7-20-10-12)15(19)8-13-11-22-16(17-13)14-4-3-6-21-14/h3-4,6,11-12H,2,5,7-10H2,1H3/t12-/m1/s1. The van der Waals surface area contributed by atoms with Gasteiger partial charge in [0.15, 0.2) is 10.8 Å². The Labute approximate surface area is 133 Å². The molecule has 1 aliphatic rings. The highest BCUT2D eigenvalue weighted by Gasteiger charge is 2.22. The van der Waals surface area contributed by atoms with Crippen LogP contribution in [0.15, 0.2) is 28.2 Å². The van der Waals surface area contributed by atoms with Gasteiger partial charge < -0.3 is 14.1 Å². The molecule has 1 aliphatic heterocycles. The summed E-state index contributed by atoms with van der Waals surface area (Å²) < 4.78 is 10.7. The van der Waals surface area contributed by atoms with E-state index < -0.39 is 0 Å². The topological polar surface area (TPSA) is 55.6 Å². The van der Waals surface area contributed by atoms with Gasteiger partial charge in [-0.05, 0) is 25.5 Å². The Kier molecular flexibility index (Phi) is 4.90. The maximum absolute atomic E-state index is 12.5. The van der Waals surface area contributed by atoms with E-state index in [1.165, 1.54) is 11.3 Å². The third-order valence-corrected chi connectivity index (χ3v) is 4.76. The fourth-order valence-electron chi connectivity index (χ4n) is 2.61. The van der Waals surface area contributed by atoms with Gasteiger partial charge in [0.05, 0.1) is 25.0 Å². The van der Waals surface area contributed by atoms with Gasteiger partial charge in [-0.3, -0.25) is 4.79 Å². The first-order valence-electron chi connectivity index (χ1n) is 7.60. The zero-order valence-electron chi connectivity index (χ0n) is 12.7. The molecule has 6 heteroatoms. The van der Waals surface area contributed by atoms with Gasteiger partial charge in [0.25, 0.3) is 0 Å². The number of amides is 1. The average Bonchev–Trinajstić information content (AvgIpc) is 3.25. The molecule has 0 bridgehead atoms. The van der Waals surface area contributed by atoms with Crippen molar-refractivity contribution < 1.29 is 13.9 Å². The number of carbonyl (C=O) groups is 1. The first kappa shape index (κ1) is 15.2. The monoisotopic (exact) mass is 320 g/mol. The molecule has 0 unspecified atom stereocenters. The molecule has 0 spiro atoms. The Morgan fingerprint density at radius 1 is 1.55 bits per heavy atom. The zero-order chi connectivity index (χ0) is 15.4. The number of hydrogen-bond donors (Lipinski definition) is 0. The summed E-state index contributed by atoms with van der Waals surface area (Å²) in [5, 5.41) is 2.75. The lowest BCUT2D eigenvalue weighted by Crippen LogP contribution is -2.36. The minimum Gasteiger partial charge on any atom is -0.462 e. The highest BCUT2D eigenvalue weighted by Crippen LogP contribution is 2.24. The number of ether oxygens (including phenoxy) is 1. The molecule has 22 heavy (non-hydrogen) atoms. The van der Waals surface area contributed by atoms with Crippen LogP contribution >= 0.6 is 11.3 Å². The van der Waals surface area contributed by atoms with Gasteiger partial charge in [0.2, 0.25) is 5.91 Å². The van der Waals surface area contributed by atoms with Crippen molar-refractivity contribution in [3.63, 3.8) is 0 Å². The van der Waals surface area contributed by atoms with Gasteiger partial charge in [-0.1, -0.05) is 0 Å². The van der Waals surface area contributed by atoms with Crippen LogP contribution < -0.4 is 0 Å². The third-order valence-electron chi connectivity index (χ3n) is 3.85. The molecule has 5 nitrogen and oxygen atoms in total. The molecule has 1 atom stereocenters. The minimum absolute atomic E-state index is 0.130. The summed E-state index contributed by atoms with van der Waals surface area (Å²) in [5.74, 6) is 1.35. The van der Waals surface area contributed by atoms with Gasteiger partial charge in [-0.25, -0.2) is 4.98 Å². The van der Waals surface area contributed by atoms with Crippen LogP contribution in [0.25, 0.3) is 10.8 Å². The highest BCUT2D eigenvalue weighted by molar-refractivity contribution is 7.13. The Hall–Kier alpha value is -1.66. The van der Waals surface area contributed by atoms with E-state index in [1.54, 1.807) is 6.26 Å². The zero-order valence-corrected chi connectivity index (χ0v) is 13.5. The Balaban J connectivity index is 1.60. The summed E-state index contributed by atoms with van der Waals surface area (Å²) in [6.07, 6.45) is 3.02. The van der Waals surface area contributed by atoms with Gasteiger partial charge in [-0.15, -0.1) is 11.3 Å². The second-order valence-electron chi connectivity index (χ2n) is 5.46. The summed E-state index contributed by atoms with van der Waals surface area (Å²) in [7, 11) is 0. The summed E-state index contributed by atoms with van der Waals surface area (Å²) >= 11 is 1.51. The summed E-state index contributed by atoms with van der Waals surface area (Å²) in [6, 6.07) is 3.72. The quantitative estimate of drug-likeness (QED) is 0.821. The van der Waals surface area contributed by atoms with Crippen LogP contribution in [0.2, 0.25) is 0 Å². The highest BCUT2D eigenvalue weighted by atomic mass is 32.1. The lowest BCUT2D eigenvalue weighted by molar-refractivity contribution is -0.131. The van der Waals surface area contributed by atoms with Gasteiger partial charge in [0.1, 0.15) is 0 Å². The van der Waals surface area contributed by atoms with Crippen LogP contribution in [-0.2, 0) is 16.0 Å². The van der Waals surface area contributed by atoms with Crippen molar-refractivity contribution in [3.05, 3.63) is 29.5 Å². The molecule has 0 aromatic carbocycles. The van der Waals surface area contributed by atoms with Crippen LogP contribution in [0.4, 0.5) is 0 Å². The fraction of sp³-hybridized carbons (Fsp3) is 0.500. The van der Waals surface area contributed by atoms with Gasteiger partial charge >= 0.3 is 0 Å². The molecular formula is C16H20N2O3S. The molecule has 2 aromatic heterocycles. The largest absolute Gasteiger partial charge is 0.462 e. The predicted molar refractivity (Wildman–Crippen MR) is 84.7 cm³/mol. The number of rotatable bonds is 6. The lowest BCUT2D eigenvalue weighted by Gasteiger charge is -2.23. The van der Waals surface area contributed by atoms with E-state index in [0.717, 1.165) is 49.2 Å². The SMILES string of the molecule is CCN(C[C@H]1CCOC1)C(=O)Cc1csc(-c2ccco2)n1. The average molecular weight is 320 g/mol. The molecule has 0 N–H and O–H groups in total. The van der Waals surface area contributed by atoms with Crippen LogP contribution in [0.1, 0.15) is 19.0 Å². The Bertz CT molecular complexity index is 603. The number of likely N-dealkylation sites (N-methyl/N-ethyl adjacent to an activating group) is 1. The van der Waals surface area contributed by atoms with Crippen molar-refractivity contribution in [2.75, 3.05) is 26.3 Å². The summed E-state index contributed by atoms with van der Waals surface area (Å²) in [6.45, 7) is 5.11. The normalized spacial score (nSPS) is 17.8. The van der Waals surface area contributed by atoms with E-state index in [9.17, 15) is 4.79 Å². The Morgan fingerprint density at radius 2 is 2.45 bits per heavy atom. The number of furan rings is 1. The Morgan fingerprint density at radius 3 is 3.14 bits per heavy atom. The third kappa shape index (κ3) is 3.56. The van der Waals surface area contributed by atoms with Crippen LogP contribution in [-0.4, -0.2) is 42.1 Å². The molecule has 0 aliphatic carbocycles. The predicted octanol–water partition coefficient (Wildman–Crippen LogP) is 2.83. The van der Waals surface area contributed by atoms with Crippen LogP contribution in [0, 0.1) is 5.92 Å². The smallest absolute Gasteiger partial charge is 0.228 e. The number of hydrogen-bond acceptors (Lipinski definition) is 5. The summed E-state index contributed by atoms with van der Waals surface area (Å²) in [5.41, 5.74) is 0.808. The molecule has 0 saturated carbocycles. The molecular weight excluding hydrogens is 300 g/mol. The fourth-order valence-corrected chi connectivity index (χ4v) is 3.40. The van der Waals surface area contributed by atoms with Gasteiger partial charge in [0, 0.05) is 31.0 Å². The van der Waals surface area contributed by atoms with Crippen LogP contribution in [0.5, 0.6) is 0 Å². The van der Waals surface area contributed by atoms with Crippen LogP contribution in [0.3, 0.4) is 0 Å². The molecule has 0 radical (unpaired) electrons. The van der Waals surface area contributed by atoms with E-state index in [4.69, 9.17) is 9.15 Å². The van der Waals surface area contributed by atoms with Crippen molar-refractivity contribution in [2.45, 2.75) is 19.8 Å². The van der Waals surface area contributed by atoms with E-state index in [-0.39, 0.29) is 5.91 Å². The molecule has 1 saturated heterocycles. The maximum Gasteiger partial charge on any atom is 0.228 e. The number of thiazole rings is 1. The number of aromatic nitrogens is 1. The molecule has 2 aromatic rings. The van der Waals surface area contributed by atoms with Gasteiger partial charge in [-0.2, -0.15) is 0 Å². The second kappa shape index (κ2) is 7.07. The van der Waals surface area contributed by atoms with E-state index in [0.29, 0.717) is 12.3 Å².